The molecule has 30 heavy (non-hydrogen) atoms. The van der Waals surface area contributed by atoms with Crippen molar-refractivity contribution >= 4 is 11.8 Å². The molecular formula is C23H28N2O5. The van der Waals surface area contributed by atoms with E-state index in [4.69, 9.17) is 14.2 Å². The molecule has 0 bridgehead atoms. The second-order valence-corrected chi connectivity index (χ2v) is 7.18. The maximum absolute atomic E-state index is 13.1. The highest BCUT2D eigenvalue weighted by molar-refractivity contribution is 5.98. The molecule has 7 heteroatoms. The van der Waals surface area contributed by atoms with Crippen LogP contribution in [0.5, 0.6) is 17.2 Å². The molecule has 160 valence electrons. The Balaban J connectivity index is 1.60. The van der Waals surface area contributed by atoms with Gasteiger partial charge in [0, 0.05) is 37.7 Å². The van der Waals surface area contributed by atoms with Crippen molar-refractivity contribution in [3.8, 4) is 17.2 Å². The standard InChI is InChI=1S/C23H28N2O5/c1-28-19-14-21(30-3)20(29-2)13-18(19)23(27)25-11-9-17(10-12-25)22(26)24-15-16-7-5-4-6-8-16/h4-8,13-14,17H,9-12,15H2,1-3H3,(H,24,26). The summed E-state index contributed by atoms with van der Waals surface area (Å²) < 4.78 is 16.0. The summed E-state index contributed by atoms with van der Waals surface area (Å²) in [5, 5.41) is 3.00. The van der Waals surface area contributed by atoms with Gasteiger partial charge in [-0.15, -0.1) is 0 Å². The summed E-state index contributed by atoms with van der Waals surface area (Å²) in [6, 6.07) is 13.1. The molecule has 0 saturated carbocycles. The number of likely N-dealkylation sites (tertiary alicyclic amines) is 1. The number of methoxy groups -OCH3 is 3. The first-order valence-electron chi connectivity index (χ1n) is 9.98. The maximum Gasteiger partial charge on any atom is 0.257 e. The number of nitrogens with one attached hydrogen (secondary N) is 1. The highest BCUT2D eigenvalue weighted by atomic mass is 16.5. The first kappa shape index (κ1) is 21.5. The zero-order chi connectivity index (χ0) is 21.5. The van der Waals surface area contributed by atoms with Crippen molar-refractivity contribution in [2.24, 2.45) is 5.92 Å². The molecule has 0 radical (unpaired) electrons. The van der Waals surface area contributed by atoms with E-state index in [1.807, 2.05) is 30.3 Å². The molecule has 1 heterocycles. The summed E-state index contributed by atoms with van der Waals surface area (Å²) in [5.41, 5.74) is 1.49. The molecule has 3 rings (SSSR count). The smallest absolute Gasteiger partial charge is 0.257 e. The van der Waals surface area contributed by atoms with Crippen molar-refractivity contribution in [3.05, 3.63) is 53.6 Å². The van der Waals surface area contributed by atoms with Crippen LogP contribution in [-0.4, -0.2) is 51.1 Å². The minimum absolute atomic E-state index is 0.0367. The number of nitrogens with zero attached hydrogens (tertiary/aromatic N) is 1. The fourth-order valence-electron chi connectivity index (χ4n) is 3.64. The van der Waals surface area contributed by atoms with Crippen LogP contribution in [-0.2, 0) is 11.3 Å². The van der Waals surface area contributed by atoms with Gasteiger partial charge in [0.15, 0.2) is 11.5 Å². The minimum atomic E-state index is -0.143. The number of amides is 2. The third kappa shape index (κ3) is 4.84. The number of carbonyl (C=O) groups excluding carboxylic acids is 2. The number of carbonyl (C=O) groups is 2. The number of hydrogen-bond acceptors (Lipinski definition) is 5. The molecule has 1 aliphatic heterocycles. The summed E-state index contributed by atoms with van der Waals surface area (Å²) in [4.78, 5) is 27.3. The van der Waals surface area contributed by atoms with Gasteiger partial charge in [0.2, 0.25) is 5.91 Å². The molecular weight excluding hydrogens is 384 g/mol. The quantitative estimate of drug-likeness (QED) is 0.757. The summed E-state index contributed by atoms with van der Waals surface area (Å²) in [5.74, 6) is 1.20. The summed E-state index contributed by atoms with van der Waals surface area (Å²) in [7, 11) is 4.58. The van der Waals surface area contributed by atoms with E-state index >= 15 is 0 Å². The molecule has 0 unspecified atom stereocenters. The van der Waals surface area contributed by atoms with Crippen molar-refractivity contribution in [2.45, 2.75) is 19.4 Å². The van der Waals surface area contributed by atoms with E-state index in [1.165, 1.54) is 21.3 Å². The average molecular weight is 412 g/mol. The molecule has 0 atom stereocenters. The van der Waals surface area contributed by atoms with Crippen LogP contribution in [0, 0.1) is 5.92 Å². The lowest BCUT2D eigenvalue weighted by Crippen LogP contribution is -2.43. The summed E-state index contributed by atoms with van der Waals surface area (Å²) >= 11 is 0. The van der Waals surface area contributed by atoms with Crippen molar-refractivity contribution in [1.82, 2.24) is 10.2 Å². The van der Waals surface area contributed by atoms with E-state index in [0.29, 0.717) is 55.3 Å². The molecule has 7 nitrogen and oxygen atoms in total. The van der Waals surface area contributed by atoms with E-state index in [1.54, 1.807) is 17.0 Å². The second-order valence-electron chi connectivity index (χ2n) is 7.18. The van der Waals surface area contributed by atoms with Gasteiger partial charge in [-0.25, -0.2) is 0 Å². The zero-order valence-electron chi connectivity index (χ0n) is 17.6. The normalized spacial score (nSPS) is 14.2. The van der Waals surface area contributed by atoms with Crippen LogP contribution in [0.15, 0.2) is 42.5 Å². The fraction of sp³-hybridized carbons (Fsp3) is 0.391. The van der Waals surface area contributed by atoms with Crippen molar-refractivity contribution in [2.75, 3.05) is 34.4 Å². The number of rotatable bonds is 7. The van der Waals surface area contributed by atoms with Gasteiger partial charge < -0.3 is 24.4 Å². The SMILES string of the molecule is COc1cc(OC)c(C(=O)N2CCC(C(=O)NCc3ccccc3)CC2)cc1OC. The van der Waals surface area contributed by atoms with Crippen LogP contribution >= 0.6 is 0 Å². The highest BCUT2D eigenvalue weighted by Crippen LogP contribution is 2.35. The summed E-state index contributed by atoms with van der Waals surface area (Å²) in [6.45, 7) is 1.54. The Labute approximate surface area is 176 Å². The van der Waals surface area contributed by atoms with Gasteiger partial charge in [0.1, 0.15) is 5.75 Å². The number of hydrogen-bond donors (Lipinski definition) is 1. The molecule has 0 aromatic heterocycles. The lowest BCUT2D eigenvalue weighted by atomic mass is 9.95. The van der Waals surface area contributed by atoms with Gasteiger partial charge in [-0.3, -0.25) is 9.59 Å². The van der Waals surface area contributed by atoms with Crippen molar-refractivity contribution < 1.29 is 23.8 Å². The highest BCUT2D eigenvalue weighted by Gasteiger charge is 2.29. The Bertz CT molecular complexity index is 877. The maximum atomic E-state index is 13.1. The van der Waals surface area contributed by atoms with E-state index in [2.05, 4.69) is 5.32 Å². The molecule has 0 aliphatic carbocycles. The number of piperidine rings is 1. The number of ether oxygens (including phenoxy) is 3. The largest absolute Gasteiger partial charge is 0.496 e. The molecule has 1 aliphatic rings. The Morgan fingerprint density at radius 1 is 0.933 bits per heavy atom. The molecule has 1 saturated heterocycles. The van der Waals surface area contributed by atoms with E-state index < -0.39 is 0 Å². The van der Waals surface area contributed by atoms with Gasteiger partial charge in [-0.05, 0) is 18.4 Å². The van der Waals surface area contributed by atoms with Gasteiger partial charge in [0.05, 0.1) is 26.9 Å². The van der Waals surface area contributed by atoms with E-state index in [0.717, 1.165) is 5.56 Å². The summed E-state index contributed by atoms with van der Waals surface area (Å²) in [6.07, 6.45) is 1.25. The van der Waals surface area contributed by atoms with Gasteiger partial charge in [-0.2, -0.15) is 0 Å². The van der Waals surface area contributed by atoms with E-state index in [-0.39, 0.29) is 17.7 Å². The Morgan fingerprint density at radius 3 is 2.13 bits per heavy atom. The van der Waals surface area contributed by atoms with Gasteiger partial charge in [-0.1, -0.05) is 30.3 Å². The first-order valence-corrected chi connectivity index (χ1v) is 9.98. The number of benzene rings is 2. The molecule has 1 fully saturated rings. The van der Waals surface area contributed by atoms with Crippen LogP contribution in [0.4, 0.5) is 0 Å². The lowest BCUT2D eigenvalue weighted by Gasteiger charge is -2.32. The van der Waals surface area contributed by atoms with Gasteiger partial charge >= 0.3 is 0 Å². The zero-order valence-corrected chi connectivity index (χ0v) is 17.6. The Morgan fingerprint density at radius 2 is 1.53 bits per heavy atom. The first-order chi connectivity index (χ1) is 14.6. The van der Waals surface area contributed by atoms with Crippen LogP contribution < -0.4 is 19.5 Å². The topological polar surface area (TPSA) is 77.1 Å². The minimum Gasteiger partial charge on any atom is -0.496 e. The lowest BCUT2D eigenvalue weighted by molar-refractivity contribution is -0.126. The van der Waals surface area contributed by atoms with Crippen LogP contribution in [0.3, 0.4) is 0 Å². The van der Waals surface area contributed by atoms with Gasteiger partial charge in [0.25, 0.3) is 5.91 Å². The average Bonchev–Trinajstić information content (AvgIpc) is 2.81. The fourth-order valence-corrected chi connectivity index (χ4v) is 3.64. The Kier molecular flexibility index (Phi) is 7.17. The van der Waals surface area contributed by atoms with E-state index in [9.17, 15) is 9.59 Å². The van der Waals surface area contributed by atoms with Crippen LogP contribution in [0.1, 0.15) is 28.8 Å². The molecule has 2 aromatic carbocycles. The second kappa shape index (κ2) is 10.0. The monoisotopic (exact) mass is 412 g/mol. The predicted octanol–water partition coefficient (Wildman–Crippen LogP) is 2.88. The molecule has 2 aromatic rings. The van der Waals surface area contributed by atoms with Crippen molar-refractivity contribution in [1.29, 1.82) is 0 Å². The third-order valence-corrected chi connectivity index (χ3v) is 5.40. The Hall–Kier alpha value is -3.22. The molecule has 0 spiro atoms. The predicted molar refractivity (Wildman–Crippen MR) is 113 cm³/mol. The molecule has 2 amide bonds. The van der Waals surface area contributed by atoms with Crippen LogP contribution in [0.25, 0.3) is 0 Å². The third-order valence-electron chi connectivity index (χ3n) is 5.40. The van der Waals surface area contributed by atoms with Crippen LogP contribution in [0.2, 0.25) is 0 Å². The van der Waals surface area contributed by atoms with Crippen molar-refractivity contribution in [3.63, 3.8) is 0 Å². The molecule has 1 N–H and O–H groups in total.